The van der Waals surface area contributed by atoms with E-state index in [0.717, 1.165) is 5.75 Å². The molecule has 0 bridgehead atoms. The third-order valence-electron chi connectivity index (χ3n) is 3.41. The second kappa shape index (κ2) is 5.75. The predicted molar refractivity (Wildman–Crippen MR) is 78.2 cm³/mol. The third kappa shape index (κ3) is 4.02. The second-order valence-electron chi connectivity index (χ2n) is 6.46. The standard InChI is InChI=1S/C16H27NO/c1-11(2)14-9-13(8-7-12(14)3)18-10-15(17)16(4,5)6/h7-9,11,15H,10,17H2,1-6H3. The van der Waals surface area contributed by atoms with Crippen LogP contribution in [0.1, 0.15) is 51.7 Å². The fourth-order valence-electron chi connectivity index (χ4n) is 1.77. The number of hydrogen-bond acceptors (Lipinski definition) is 2. The van der Waals surface area contributed by atoms with E-state index < -0.39 is 0 Å². The van der Waals surface area contributed by atoms with Gasteiger partial charge in [-0.25, -0.2) is 0 Å². The van der Waals surface area contributed by atoms with Gasteiger partial charge in [0.15, 0.2) is 0 Å². The van der Waals surface area contributed by atoms with Crippen LogP contribution in [-0.4, -0.2) is 12.6 Å². The van der Waals surface area contributed by atoms with Crippen molar-refractivity contribution in [1.29, 1.82) is 0 Å². The van der Waals surface area contributed by atoms with Gasteiger partial charge < -0.3 is 10.5 Å². The molecule has 1 atom stereocenters. The van der Waals surface area contributed by atoms with E-state index in [4.69, 9.17) is 10.5 Å². The fraction of sp³-hybridized carbons (Fsp3) is 0.625. The Bertz CT molecular complexity index is 391. The van der Waals surface area contributed by atoms with Crippen LogP contribution in [0.4, 0.5) is 0 Å². The summed E-state index contributed by atoms with van der Waals surface area (Å²) in [5.41, 5.74) is 8.84. The van der Waals surface area contributed by atoms with Gasteiger partial charge in [0.2, 0.25) is 0 Å². The second-order valence-corrected chi connectivity index (χ2v) is 6.46. The maximum absolute atomic E-state index is 6.10. The molecule has 0 aromatic heterocycles. The first kappa shape index (κ1) is 15.0. The van der Waals surface area contributed by atoms with Crippen LogP contribution in [0, 0.1) is 12.3 Å². The van der Waals surface area contributed by atoms with E-state index in [0.29, 0.717) is 12.5 Å². The van der Waals surface area contributed by atoms with E-state index >= 15 is 0 Å². The molecule has 0 saturated heterocycles. The van der Waals surface area contributed by atoms with E-state index in [9.17, 15) is 0 Å². The molecule has 102 valence electrons. The summed E-state index contributed by atoms with van der Waals surface area (Å²) in [4.78, 5) is 0. The molecular weight excluding hydrogens is 222 g/mol. The first-order valence-electron chi connectivity index (χ1n) is 6.70. The number of hydrogen-bond donors (Lipinski definition) is 1. The zero-order valence-electron chi connectivity index (χ0n) is 12.6. The summed E-state index contributed by atoms with van der Waals surface area (Å²) in [6.45, 7) is 13.5. The van der Waals surface area contributed by atoms with Gasteiger partial charge in [-0.1, -0.05) is 40.7 Å². The quantitative estimate of drug-likeness (QED) is 0.879. The van der Waals surface area contributed by atoms with Gasteiger partial charge in [0.05, 0.1) is 0 Å². The van der Waals surface area contributed by atoms with Crippen LogP contribution in [0.25, 0.3) is 0 Å². The Labute approximate surface area is 112 Å². The minimum atomic E-state index is 0.0429. The van der Waals surface area contributed by atoms with Crippen LogP contribution in [0.2, 0.25) is 0 Å². The summed E-state index contributed by atoms with van der Waals surface area (Å²) in [5, 5.41) is 0. The maximum Gasteiger partial charge on any atom is 0.119 e. The van der Waals surface area contributed by atoms with Crippen molar-refractivity contribution in [2.75, 3.05) is 6.61 Å². The van der Waals surface area contributed by atoms with Crippen molar-refractivity contribution < 1.29 is 4.74 Å². The van der Waals surface area contributed by atoms with Crippen molar-refractivity contribution in [1.82, 2.24) is 0 Å². The Hall–Kier alpha value is -1.02. The lowest BCUT2D eigenvalue weighted by atomic mass is 9.88. The lowest BCUT2D eigenvalue weighted by Gasteiger charge is -2.27. The molecule has 2 N–H and O–H groups in total. The van der Waals surface area contributed by atoms with Gasteiger partial charge in [0, 0.05) is 6.04 Å². The van der Waals surface area contributed by atoms with E-state index in [-0.39, 0.29) is 11.5 Å². The molecule has 0 aliphatic heterocycles. The number of benzene rings is 1. The molecule has 0 spiro atoms. The Morgan fingerprint density at radius 2 is 1.83 bits per heavy atom. The molecule has 1 unspecified atom stereocenters. The number of aryl methyl sites for hydroxylation is 1. The predicted octanol–water partition coefficient (Wildman–Crippen LogP) is 3.87. The van der Waals surface area contributed by atoms with Gasteiger partial charge in [-0.15, -0.1) is 0 Å². The molecule has 0 aliphatic carbocycles. The van der Waals surface area contributed by atoms with E-state index in [1.54, 1.807) is 0 Å². The van der Waals surface area contributed by atoms with Gasteiger partial charge in [0.1, 0.15) is 12.4 Å². The van der Waals surface area contributed by atoms with Gasteiger partial charge in [-0.3, -0.25) is 0 Å². The third-order valence-corrected chi connectivity index (χ3v) is 3.41. The van der Waals surface area contributed by atoms with Crippen molar-refractivity contribution >= 4 is 0 Å². The van der Waals surface area contributed by atoms with E-state index in [2.05, 4.69) is 53.7 Å². The lowest BCUT2D eigenvalue weighted by molar-refractivity contribution is 0.205. The van der Waals surface area contributed by atoms with E-state index in [1.165, 1.54) is 11.1 Å². The normalized spacial score (nSPS) is 13.8. The highest BCUT2D eigenvalue weighted by Gasteiger charge is 2.21. The monoisotopic (exact) mass is 249 g/mol. The Kier molecular flexibility index (Phi) is 4.80. The summed E-state index contributed by atoms with van der Waals surface area (Å²) >= 11 is 0. The zero-order chi connectivity index (χ0) is 13.9. The van der Waals surface area contributed by atoms with Crippen LogP contribution < -0.4 is 10.5 Å². The topological polar surface area (TPSA) is 35.2 Å². The van der Waals surface area contributed by atoms with Crippen molar-refractivity contribution in [2.45, 2.75) is 53.5 Å². The van der Waals surface area contributed by atoms with Crippen molar-refractivity contribution in [3.63, 3.8) is 0 Å². The molecule has 0 aliphatic rings. The highest BCUT2D eigenvalue weighted by atomic mass is 16.5. The van der Waals surface area contributed by atoms with Crippen molar-refractivity contribution in [3.8, 4) is 5.75 Å². The fourth-order valence-corrected chi connectivity index (χ4v) is 1.77. The van der Waals surface area contributed by atoms with Crippen molar-refractivity contribution in [2.24, 2.45) is 11.1 Å². The molecule has 0 radical (unpaired) electrons. The van der Waals surface area contributed by atoms with Crippen LogP contribution in [0.3, 0.4) is 0 Å². The highest BCUT2D eigenvalue weighted by Crippen LogP contribution is 2.25. The largest absolute Gasteiger partial charge is 0.492 e. The van der Waals surface area contributed by atoms with Gasteiger partial charge in [0.25, 0.3) is 0 Å². The average molecular weight is 249 g/mol. The molecule has 1 aromatic rings. The Balaban J connectivity index is 2.72. The van der Waals surface area contributed by atoms with Crippen LogP contribution in [0.15, 0.2) is 18.2 Å². The van der Waals surface area contributed by atoms with Crippen molar-refractivity contribution in [3.05, 3.63) is 29.3 Å². The number of ether oxygens (including phenoxy) is 1. The smallest absolute Gasteiger partial charge is 0.119 e. The minimum Gasteiger partial charge on any atom is -0.492 e. The summed E-state index contributed by atoms with van der Waals surface area (Å²) in [5.74, 6) is 1.44. The first-order valence-corrected chi connectivity index (χ1v) is 6.70. The van der Waals surface area contributed by atoms with Crippen LogP contribution in [-0.2, 0) is 0 Å². The molecule has 2 heteroatoms. The minimum absolute atomic E-state index is 0.0429. The van der Waals surface area contributed by atoms with Gasteiger partial charge in [-0.05, 0) is 41.5 Å². The SMILES string of the molecule is Cc1ccc(OCC(N)C(C)(C)C)cc1C(C)C. The molecule has 18 heavy (non-hydrogen) atoms. The maximum atomic E-state index is 6.10. The zero-order valence-corrected chi connectivity index (χ0v) is 12.6. The summed E-state index contributed by atoms with van der Waals surface area (Å²) in [7, 11) is 0. The number of nitrogens with two attached hydrogens (primary N) is 1. The lowest BCUT2D eigenvalue weighted by Crippen LogP contribution is -2.40. The molecular formula is C16H27NO. The molecule has 0 saturated carbocycles. The number of rotatable bonds is 4. The molecule has 0 heterocycles. The highest BCUT2D eigenvalue weighted by molar-refractivity contribution is 5.36. The van der Waals surface area contributed by atoms with Gasteiger partial charge in [-0.2, -0.15) is 0 Å². The average Bonchev–Trinajstić information content (AvgIpc) is 2.25. The summed E-state index contributed by atoms with van der Waals surface area (Å²) < 4.78 is 5.82. The first-order chi connectivity index (χ1) is 8.21. The molecule has 1 aromatic carbocycles. The van der Waals surface area contributed by atoms with E-state index in [1.807, 2.05) is 6.07 Å². The molecule has 1 rings (SSSR count). The Morgan fingerprint density at radius 1 is 1.22 bits per heavy atom. The molecule has 0 fully saturated rings. The Morgan fingerprint density at radius 3 is 2.33 bits per heavy atom. The summed E-state index contributed by atoms with van der Waals surface area (Å²) in [6, 6.07) is 6.32. The van der Waals surface area contributed by atoms with Gasteiger partial charge >= 0.3 is 0 Å². The van der Waals surface area contributed by atoms with Crippen LogP contribution >= 0.6 is 0 Å². The van der Waals surface area contributed by atoms with Crippen LogP contribution in [0.5, 0.6) is 5.75 Å². The molecule has 2 nitrogen and oxygen atoms in total. The molecule has 0 amide bonds. The summed E-state index contributed by atoms with van der Waals surface area (Å²) in [6.07, 6.45) is 0.